The molecular formula is C11H17N3O3. The summed E-state index contributed by atoms with van der Waals surface area (Å²) in [5.74, 6) is -0.736. The van der Waals surface area contributed by atoms with Crippen molar-refractivity contribution >= 4 is 11.9 Å². The van der Waals surface area contributed by atoms with Gasteiger partial charge in [0.1, 0.15) is 6.54 Å². The van der Waals surface area contributed by atoms with E-state index in [1.807, 2.05) is 0 Å². The molecule has 0 aliphatic carbocycles. The van der Waals surface area contributed by atoms with E-state index in [-0.39, 0.29) is 24.3 Å². The highest BCUT2D eigenvalue weighted by molar-refractivity contribution is 5.77. The topological polar surface area (TPSA) is 64.4 Å². The number of hydrogen-bond acceptors (Lipinski definition) is 4. The van der Waals surface area contributed by atoms with Gasteiger partial charge in [-0.3, -0.25) is 14.3 Å². The van der Waals surface area contributed by atoms with Gasteiger partial charge in [0.05, 0.1) is 13.0 Å². The summed E-state index contributed by atoms with van der Waals surface area (Å²) in [6.45, 7) is 2.24. The molecule has 0 saturated carbocycles. The Labute approximate surface area is 100 Å². The highest BCUT2D eigenvalue weighted by Crippen LogP contribution is 2.01. The third-order valence-electron chi connectivity index (χ3n) is 2.43. The van der Waals surface area contributed by atoms with Gasteiger partial charge in [0.25, 0.3) is 0 Å². The summed E-state index contributed by atoms with van der Waals surface area (Å²) in [5.41, 5.74) is 0. The second kappa shape index (κ2) is 6.03. The van der Waals surface area contributed by atoms with E-state index in [2.05, 4.69) is 9.84 Å². The molecule has 1 amide bonds. The van der Waals surface area contributed by atoms with E-state index in [1.54, 1.807) is 37.1 Å². The molecule has 0 aliphatic rings. The minimum atomic E-state index is -0.327. The van der Waals surface area contributed by atoms with E-state index in [1.165, 1.54) is 12.0 Å². The number of methoxy groups -OCH3 is 1. The third-order valence-corrected chi connectivity index (χ3v) is 2.43. The van der Waals surface area contributed by atoms with Crippen LogP contribution in [-0.4, -0.2) is 47.3 Å². The largest absolute Gasteiger partial charge is 0.469 e. The molecule has 1 heterocycles. The second-order valence-electron chi connectivity index (χ2n) is 3.90. The number of aromatic nitrogens is 2. The Balaban J connectivity index is 2.44. The van der Waals surface area contributed by atoms with Crippen molar-refractivity contribution in [3.05, 3.63) is 18.5 Å². The first kappa shape index (κ1) is 13.2. The van der Waals surface area contributed by atoms with E-state index < -0.39 is 0 Å². The number of amides is 1. The molecule has 0 aliphatic heterocycles. The Bertz CT molecular complexity index is 375. The summed E-state index contributed by atoms with van der Waals surface area (Å²) in [5, 5.41) is 3.95. The molecule has 6 nitrogen and oxygen atoms in total. The first-order chi connectivity index (χ1) is 8.04. The van der Waals surface area contributed by atoms with Crippen molar-refractivity contribution in [2.24, 2.45) is 5.92 Å². The summed E-state index contributed by atoms with van der Waals surface area (Å²) in [7, 11) is 3.00. The van der Waals surface area contributed by atoms with Crippen molar-refractivity contribution in [2.45, 2.75) is 13.5 Å². The van der Waals surface area contributed by atoms with E-state index in [0.29, 0.717) is 6.54 Å². The van der Waals surface area contributed by atoms with E-state index in [9.17, 15) is 9.59 Å². The Morgan fingerprint density at radius 1 is 1.53 bits per heavy atom. The summed E-state index contributed by atoms with van der Waals surface area (Å²) < 4.78 is 6.15. The Morgan fingerprint density at radius 2 is 2.24 bits per heavy atom. The molecule has 0 N–H and O–H groups in total. The first-order valence-corrected chi connectivity index (χ1v) is 5.33. The number of carbonyl (C=O) groups is 2. The normalized spacial score (nSPS) is 11.9. The van der Waals surface area contributed by atoms with Crippen molar-refractivity contribution in [3.8, 4) is 0 Å². The standard InChI is InChI=1S/C11H17N3O3/c1-9(11(16)17-3)7-13(2)10(15)8-14-6-4-5-12-14/h4-6,9H,7-8H2,1-3H3. The van der Waals surface area contributed by atoms with Gasteiger partial charge >= 0.3 is 5.97 Å². The van der Waals surface area contributed by atoms with Crippen LogP contribution in [0.5, 0.6) is 0 Å². The fraction of sp³-hybridized carbons (Fsp3) is 0.545. The van der Waals surface area contributed by atoms with Gasteiger partial charge in [-0.15, -0.1) is 0 Å². The SMILES string of the molecule is COC(=O)C(C)CN(C)C(=O)Cn1cccn1. The van der Waals surface area contributed by atoms with Crippen molar-refractivity contribution in [1.29, 1.82) is 0 Å². The molecule has 1 aromatic heterocycles. The first-order valence-electron chi connectivity index (χ1n) is 5.33. The molecule has 0 spiro atoms. The van der Waals surface area contributed by atoms with Crippen LogP contribution in [0.15, 0.2) is 18.5 Å². The monoisotopic (exact) mass is 239 g/mol. The summed E-state index contributed by atoms with van der Waals surface area (Å²) >= 11 is 0. The molecule has 94 valence electrons. The molecular weight excluding hydrogens is 222 g/mol. The molecule has 6 heteroatoms. The van der Waals surface area contributed by atoms with Crippen LogP contribution < -0.4 is 0 Å². The maximum Gasteiger partial charge on any atom is 0.310 e. The zero-order valence-corrected chi connectivity index (χ0v) is 10.3. The number of hydrogen-bond donors (Lipinski definition) is 0. The van der Waals surface area contributed by atoms with Crippen molar-refractivity contribution < 1.29 is 14.3 Å². The van der Waals surface area contributed by atoms with Crippen LogP contribution in [0, 0.1) is 5.92 Å². The second-order valence-corrected chi connectivity index (χ2v) is 3.90. The Hall–Kier alpha value is -1.85. The van der Waals surface area contributed by atoms with Gasteiger partial charge in [-0.1, -0.05) is 6.92 Å². The molecule has 0 bridgehead atoms. The van der Waals surface area contributed by atoms with Crippen LogP contribution >= 0.6 is 0 Å². The predicted molar refractivity (Wildman–Crippen MR) is 61.0 cm³/mol. The number of nitrogens with zero attached hydrogens (tertiary/aromatic N) is 3. The van der Waals surface area contributed by atoms with Crippen LogP contribution in [0.4, 0.5) is 0 Å². The van der Waals surface area contributed by atoms with E-state index in [4.69, 9.17) is 0 Å². The lowest BCUT2D eigenvalue weighted by Crippen LogP contribution is -2.36. The van der Waals surface area contributed by atoms with Crippen LogP contribution in [0.25, 0.3) is 0 Å². The van der Waals surface area contributed by atoms with Crippen LogP contribution in [0.1, 0.15) is 6.92 Å². The average molecular weight is 239 g/mol. The minimum Gasteiger partial charge on any atom is -0.469 e. The molecule has 0 fully saturated rings. The number of esters is 1. The van der Waals surface area contributed by atoms with Crippen molar-refractivity contribution in [3.63, 3.8) is 0 Å². The number of carbonyl (C=O) groups excluding carboxylic acids is 2. The summed E-state index contributed by atoms with van der Waals surface area (Å²) in [4.78, 5) is 24.5. The lowest BCUT2D eigenvalue weighted by atomic mass is 10.2. The fourth-order valence-electron chi connectivity index (χ4n) is 1.44. The molecule has 1 atom stereocenters. The molecule has 1 aromatic rings. The van der Waals surface area contributed by atoms with Crippen molar-refractivity contribution in [2.75, 3.05) is 20.7 Å². The zero-order chi connectivity index (χ0) is 12.8. The number of ether oxygens (including phenoxy) is 1. The molecule has 0 saturated heterocycles. The quantitative estimate of drug-likeness (QED) is 0.686. The number of rotatable bonds is 5. The van der Waals surface area contributed by atoms with E-state index >= 15 is 0 Å². The van der Waals surface area contributed by atoms with Gasteiger partial charge in [0.2, 0.25) is 5.91 Å². The van der Waals surface area contributed by atoms with Crippen LogP contribution in [0.3, 0.4) is 0 Å². The van der Waals surface area contributed by atoms with Gasteiger partial charge in [-0.25, -0.2) is 0 Å². The lowest BCUT2D eigenvalue weighted by Gasteiger charge is -2.20. The number of likely N-dealkylation sites (N-methyl/N-ethyl adjacent to an activating group) is 1. The average Bonchev–Trinajstić information content (AvgIpc) is 2.80. The van der Waals surface area contributed by atoms with Gasteiger partial charge in [-0.2, -0.15) is 5.10 Å². The van der Waals surface area contributed by atoms with Gasteiger partial charge in [-0.05, 0) is 6.07 Å². The zero-order valence-electron chi connectivity index (χ0n) is 10.3. The highest BCUT2D eigenvalue weighted by Gasteiger charge is 2.18. The molecule has 0 aromatic carbocycles. The lowest BCUT2D eigenvalue weighted by molar-refractivity contribution is -0.146. The van der Waals surface area contributed by atoms with Gasteiger partial charge in [0, 0.05) is 26.0 Å². The maximum atomic E-state index is 11.8. The smallest absolute Gasteiger partial charge is 0.310 e. The minimum absolute atomic E-state index is 0.0931. The van der Waals surface area contributed by atoms with Gasteiger partial charge < -0.3 is 9.64 Å². The maximum absolute atomic E-state index is 11.8. The molecule has 0 radical (unpaired) electrons. The van der Waals surface area contributed by atoms with Crippen LogP contribution in [-0.2, 0) is 20.9 Å². The summed E-state index contributed by atoms with van der Waals surface area (Å²) in [6, 6.07) is 1.75. The highest BCUT2D eigenvalue weighted by atomic mass is 16.5. The Morgan fingerprint density at radius 3 is 2.76 bits per heavy atom. The third kappa shape index (κ3) is 3.90. The van der Waals surface area contributed by atoms with Crippen LogP contribution in [0.2, 0.25) is 0 Å². The molecule has 17 heavy (non-hydrogen) atoms. The van der Waals surface area contributed by atoms with E-state index in [0.717, 1.165) is 0 Å². The molecule has 1 rings (SSSR count). The predicted octanol–water partition coefficient (Wildman–Crippen LogP) is 0.151. The molecule has 1 unspecified atom stereocenters. The summed E-state index contributed by atoms with van der Waals surface area (Å²) in [6.07, 6.45) is 3.33. The Kier molecular flexibility index (Phi) is 4.68. The van der Waals surface area contributed by atoms with Crippen molar-refractivity contribution in [1.82, 2.24) is 14.7 Å². The van der Waals surface area contributed by atoms with Gasteiger partial charge in [0.15, 0.2) is 0 Å². The fourth-order valence-corrected chi connectivity index (χ4v) is 1.44.